The molecule has 2 aromatic heterocycles. The van der Waals surface area contributed by atoms with Gasteiger partial charge in [0.1, 0.15) is 5.82 Å². The molecular weight excluding hydrogens is 303 g/mol. The molecule has 0 unspecified atom stereocenters. The van der Waals surface area contributed by atoms with Crippen LogP contribution in [0.4, 0.5) is 4.39 Å². The van der Waals surface area contributed by atoms with Crippen LogP contribution in [0.1, 0.15) is 35.8 Å². The summed E-state index contributed by atoms with van der Waals surface area (Å²) in [6.45, 7) is 2.12. The van der Waals surface area contributed by atoms with E-state index in [1.807, 2.05) is 12.3 Å². The Bertz CT molecular complexity index is 823. The lowest BCUT2D eigenvalue weighted by molar-refractivity contribution is 0.0957. The van der Waals surface area contributed by atoms with E-state index in [0.29, 0.717) is 5.56 Å². The van der Waals surface area contributed by atoms with Crippen LogP contribution in [0, 0.1) is 5.82 Å². The Morgan fingerprint density at radius 2 is 1.96 bits per heavy atom. The van der Waals surface area contributed by atoms with Crippen molar-refractivity contribution in [3.8, 4) is 11.1 Å². The van der Waals surface area contributed by atoms with Crippen LogP contribution in [0.5, 0.6) is 0 Å². The molecule has 2 heterocycles. The molecule has 1 aromatic carbocycles. The van der Waals surface area contributed by atoms with Crippen LogP contribution in [0.3, 0.4) is 0 Å². The van der Waals surface area contributed by atoms with Gasteiger partial charge in [-0.3, -0.25) is 14.3 Å². The van der Waals surface area contributed by atoms with Gasteiger partial charge < -0.3 is 0 Å². The van der Waals surface area contributed by atoms with Gasteiger partial charge in [-0.2, -0.15) is 0 Å². The van der Waals surface area contributed by atoms with E-state index in [1.54, 1.807) is 41.2 Å². The second-order valence-electron chi connectivity index (χ2n) is 5.75. The summed E-state index contributed by atoms with van der Waals surface area (Å²) in [5.74, 6) is -0.363. The molecule has 0 spiro atoms. The van der Waals surface area contributed by atoms with Crippen molar-refractivity contribution in [1.82, 2.24) is 9.55 Å². The molecule has 0 saturated carbocycles. The lowest BCUT2D eigenvalue weighted by Crippen LogP contribution is -2.14. The van der Waals surface area contributed by atoms with Crippen LogP contribution >= 0.6 is 0 Å². The largest absolute Gasteiger partial charge is 0.287 e. The number of carbonyl (C=O) groups is 1. The van der Waals surface area contributed by atoms with Crippen LogP contribution < -0.4 is 0 Å². The van der Waals surface area contributed by atoms with E-state index < -0.39 is 0 Å². The molecule has 24 heavy (non-hydrogen) atoms. The quantitative estimate of drug-likeness (QED) is 0.681. The van der Waals surface area contributed by atoms with Crippen molar-refractivity contribution in [3.63, 3.8) is 0 Å². The summed E-state index contributed by atoms with van der Waals surface area (Å²) in [5, 5.41) is 0. The summed E-state index contributed by atoms with van der Waals surface area (Å²) in [5.41, 5.74) is 3.33. The van der Waals surface area contributed by atoms with Crippen LogP contribution in [0.25, 0.3) is 11.1 Å². The topological polar surface area (TPSA) is 34.9 Å². The fraction of sp³-hybridized carbons (Fsp3) is 0.200. The summed E-state index contributed by atoms with van der Waals surface area (Å²) >= 11 is 0. The highest BCUT2D eigenvalue weighted by Crippen LogP contribution is 2.24. The van der Waals surface area contributed by atoms with Gasteiger partial charge in [-0.05, 0) is 48.7 Å². The smallest absolute Gasteiger partial charge is 0.263 e. The summed E-state index contributed by atoms with van der Waals surface area (Å²) < 4.78 is 14.8. The van der Waals surface area contributed by atoms with Gasteiger partial charge in [0.05, 0.1) is 5.56 Å². The summed E-state index contributed by atoms with van der Waals surface area (Å²) in [7, 11) is 0. The number of pyridine rings is 1. The van der Waals surface area contributed by atoms with Gasteiger partial charge in [0.25, 0.3) is 5.91 Å². The van der Waals surface area contributed by atoms with Crippen molar-refractivity contribution in [1.29, 1.82) is 0 Å². The second-order valence-corrected chi connectivity index (χ2v) is 5.75. The van der Waals surface area contributed by atoms with Gasteiger partial charge in [0, 0.05) is 29.8 Å². The number of benzene rings is 1. The SMILES string of the molecule is CCCCc1cc(-c2ccc(F)cc2)cn1C(=O)c1cccnc1. The average Bonchev–Trinajstić information content (AvgIpc) is 3.04. The number of carbonyl (C=O) groups excluding carboxylic acids is 1. The molecule has 4 heteroatoms. The number of rotatable bonds is 5. The molecule has 0 fully saturated rings. The number of hydrogen-bond donors (Lipinski definition) is 0. The second kappa shape index (κ2) is 7.21. The molecule has 0 N–H and O–H groups in total. The zero-order valence-corrected chi connectivity index (χ0v) is 13.6. The highest BCUT2D eigenvalue weighted by Gasteiger charge is 2.15. The van der Waals surface area contributed by atoms with Gasteiger partial charge in [-0.1, -0.05) is 25.5 Å². The number of halogens is 1. The first kappa shape index (κ1) is 16.1. The minimum Gasteiger partial charge on any atom is -0.287 e. The molecule has 0 aliphatic carbocycles. The molecule has 3 rings (SSSR count). The van der Waals surface area contributed by atoms with Crippen LogP contribution in [0.15, 0.2) is 61.1 Å². The maximum Gasteiger partial charge on any atom is 0.263 e. The van der Waals surface area contributed by atoms with Crippen molar-refractivity contribution in [2.75, 3.05) is 0 Å². The molecule has 3 nitrogen and oxygen atoms in total. The van der Waals surface area contributed by atoms with E-state index in [2.05, 4.69) is 11.9 Å². The fourth-order valence-electron chi connectivity index (χ4n) is 2.68. The van der Waals surface area contributed by atoms with Gasteiger partial charge in [-0.25, -0.2) is 4.39 Å². The maximum atomic E-state index is 13.1. The Labute approximate surface area is 140 Å². The third-order valence-electron chi connectivity index (χ3n) is 3.99. The Balaban J connectivity index is 2.00. The maximum absolute atomic E-state index is 13.1. The fourth-order valence-corrected chi connectivity index (χ4v) is 2.68. The van der Waals surface area contributed by atoms with Gasteiger partial charge >= 0.3 is 0 Å². The normalized spacial score (nSPS) is 10.8. The van der Waals surface area contributed by atoms with E-state index >= 15 is 0 Å². The molecular formula is C20H19FN2O. The first-order chi connectivity index (χ1) is 11.7. The van der Waals surface area contributed by atoms with E-state index in [4.69, 9.17) is 0 Å². The number of unbranched alkanes of at least 4 members (excludes halogenated alkanes) is 1. The van der Waals surface area contributed by atoms with E-state index in [-0.39, 0.29) is 11.7 Å². The predicted octanol–water partition coefficient (Wildman–Crippen LogP) is 4.72. The third-order valence-corrected chi connectivity index (χ3v) is 3.99. The highest BCUT2D eigenvalue weighted by molar-refractivity contribution is 5.96. The van der Waals surface area contributed by atoms with Crippen molar-refractivity contribution >= 4 is 5.91 Å². The molecule has 0 aliphatic rings. The molecule has 3 aromatic rings. The van der Waals surface area contributed by atoms with Gasteiger partial charge in [0.2, 0.25) is 0 Å². The number of aromatic nitrogens is 2. The summed E-state index contributed by atoms with van der Waals surface area (Å²) in [6, 6.07) is 11.8. The minimum atomic E-state index is -0.268. The van der Waals surface area contributed by atoms with Crippen LogP contribution in [-0.4, -0.2) is 15.5 Å². The number of aryl methyl sites for hydroxylation is 1. The third kappa shape index (κ3) is 3.43. The minimum absolute atomic E-state index is 0.0948. The van der Waals surface area contributed by atoms with Gasteiger partial charge in [0.15, 0.2) is 0 Å². The van der Waals surface area contributed by atoms with Crippen molar-refractivity contribution in [3.05, 3.63) is 78.1 Å². The van der Waals surface area contributed by atoms with Crippen molar-refractivity contribution in [2.45, 2.75) is 26.2 Å². The Kier molecular flexibility index (Phi) is 4.85. The monoisotopic (exact) mass is 322 g/mol. The first-order valence-electron chi connectivity index (χ1n) is 8.11. The molecule has 0 amide bonds. The first-order valence-corrected chi connectivity index (χ1v) is 8.11. The average molecular weight is 322 g/mol. The molecule has 122 valence electrons. The summed E-state index contributed by atoms with van der Waals surface area (Å²) in [4.78, 5) is 16.8. The van der Waals surface area contributed by atoms with E-state index in [0.717, 1.165) is 36.1 Å². The van der Waals surface area contributed by atoms with Crippen molar-refractivity contribution in [2.24, 2.45) is 0 Å². The zero-order chi connectivity index (χ0) is 16.9. The van der Waals surface area contributed by atoms with Crippen molar-refractivity contribution < 1.29 is 9.18 Å². The highest BCUT2D eigenvalue weighted by atomic mass is 19.1. The number of hydrogen-bond acceptors (Lipinski definition) is 2. The Morgan fingerprint density at radius 1 is 1.17 bits per heavy atom. The Hall–Kier alpha value is -2.75. The van der Waals surface area contributed by atoms with Gasteiger partial charge in [-0.15, -0.1) is 0 Å². The van der Waals surface area contributed by atoms with Crippen LogP contribution in [0.2, 0.25) is 0 Å². The number of nitrogens with zero attached hydrogens (tertiary/aromatic N) is 2. The molecule has 0 radical (unpaired) electrons. The zero-order valence-electron chi connectivity index (χ0n) is 13.6. The molecule has 0 atom stereocenters. The van der Waals surface area contributed by atoms with E-state index in [9.17, 15) is 9.18 Å². The lowest BCUT2D eigenvalue weighted by Gasteiger charge is -2.07. The lowest BCUT2D eigenvalue weighted by atomic mass is 10.1. The summed E-state index contributed by atoms with van der Waals surface area (Å²) in [6.07, 6.45) is 7.93. The molecule has 0 saturated heterocycles. The van der Waals surface area contributed by atoms with Crippen LogP contribution in [-0.2, 0) is 6.42 Å². The molecule has 0 aliphatic heterocycles. The van der Waals surface area contributed by atoms with E-state index in [1.165, 1.54) is 12.1 Å². The predicted molar refractivity (Wildman–Crippen MR) is 92.4 cm³/mol. The Morgan fingerprint density at radius 3 is 2.62 bits per heavy atom. The molecule has 0 bridgehead atoms. The standard InChI is InChI=1S/C20H19FN2O/c1-2-3-6-19-12-17(15-7-9-18(21)10-8-15)14-23(19)20(24)16-5-4-11-22-13-16/h4-5,7-14H,2-3,6H2,1H3.